The van der Waals surface area contributed by atoms with E-state index in [0.29, 0.717) is 25.4 Å². The van der Waals surface area contributed by atoms with E-state index in [0.717, 1.165) is 17.9 Å². The molecule has 2 aliphatic carbocycles. The minimum Gasteiger partial charge on any atom is -0.459 e. The summed E-state index contributed by atoms with van der Waals surface area (Å²) in [4.78, 5) is 13.1. The number of allylic oxidation sites excluding steroid dienone is 1. The average molecular weight is 418 g/mol. The number of carbonyl (C=O) groups is 1. The number of aliphatic hydroxyl groups is 1. The molecule has 2 saturated carbocycles. The normalized spacial score (nSPS) is 32.6. The van der Waals surface area contributed by atoms with Gasteiger partial charge >= 0.3 is 0 Å². The van der Waals surface area contributed by atoms with Crippen LogP contribution in [0.5, 0.6) is 0 Å². The number of nitrogens with one attached hydrogen (secondary N) is 1. The monoisotopic (exact) mass is 417 g/mol. The zero-order valence-electron chi connectivity index (χ0n) is 17.6. The van der Waals surface area contributed by atoms with Gasteiger partial charge in [0.15, 0.2) is 5.76 Å². The molecule has 3 aliphatic rings. The lowest BCUT2D eigenvalue weighted by Crippen LogP contribution is -2.43. The summed E-state index contributed by atoms with van der Waals surface area (Å²) in [6.07, 6.45) is 7.31. The van der Waals surface area contributed by atoms with Gasteiger partial charge in [-0.05, 0) is 74.6 Å². The second kappa shape index (κ2) is 9.48. The van der Waals surface area contributed by atoms with Crippen molar-refractivity contribution in [2.24, 2.45) is 17.8 Å². The summed E-state index contributed by atoms with van der Waals surface area (Å²) >= 11 is 0. The molecule has 0 spiro atoms. The van der Waals surface area contributed by atoms with Crippen LogP contribution in [0.25, 0.3) is 0 Å². The van der Waals surface area contributed by atoms with Gasteiger partial charge in [-0.25, -0.2) is 4.39 Å². The van der Waals surface area contributed by atoms with Crippen molar-refractivity contribution in [3.63, 3.8) is 0 Å². The standard InChI is InChI=1S/C24H32FNO4/c1-2-29-24-19(4-3-11-27)20(16-7-9-18(25)10-8-16)14-22(30-24)23(28)26-21-13-15-5-6-17(21)12-15/h7-10,14-15,17,19-21,24,27H,2-6,11-13H2,1H3,(H,26,28)/t15?,17?,19-,20+,21?,24+/m0/s1. The molecule has 1 aliphatic heterocycles. The molecule has 164 valence electrons. The molecule has 1 heterocycles. The van der Waals surface area contributed by atoms with Crippen molar-refractivity contribution >= 4 is 5.91 Å². The van der Waals surface area contributed by atoms with Gasteiger partial charge in [0.25, 0.3) is 5.91 Å². The number of benzene rings is 1. The van der Waals surface area contributed by atoms with E-state index >= 15 is 0 Å². The third-order valence-electron chi connectivity index (χ3n) is 6.94. The first kappa shape index (κ1) is 21.3. The molecule has 1 aromatic carbocycles. The van der Waals surface area contributed by atoms with E-state index in [2.05, 4.69) is 5.32 Å². The Kier molecular flexibility index (Phi) is 6.74. The minimum atomic E-state index is -0.581. The zero-order chi connectivity index (χ0) is 21.1. The number of hydrogen-bond donors (Lipinski definition) is 2. The molecule has 1 amide bonds. The number of halogens is 1. The van der Waals surface area contributed by atoms with E-state index in [1.807, 2.05) is 13.0 Å². The van der Waals surface area contributed by atoms with Crippen molar-refractivity contribution in [1.29, 1.82) is 0 Å². The Morgan fingerprint density at radius 2 is 2.07 bits per heavy atom. The fraction of sp³-hybridized carbons (Fsp3) is 0.625. The van der Waals surface area contributed by atoms with Gasteiger partial charge in [-0.1, -0.05) is 18.6 Å². The largest absolute Gasteiger partial charge is 0.459 e. The highest BCUT2D eigenvalue weighted by Crippen LogP contribution is 2.45. The molecule has 2 N–H and O–H groups in total. The third-order valence-corrected chi connectivity index (χ3v) is 6.94. The summed E-state index contributed by atoms with van der Waals surface area (Å²) in [5.41, 5.74) is 0.914. The second-order valence-electron chi connectivity index (χ2n) is 8.83. The Balaban J connectivity index is 1.58. The lowest BCUT2D eigenvalue weighted by Gasteiger charge is -2.37. The molecule has 0 aromatic heterocycles. The van der Waals surface area contributed by atoms with Gasteiger partial charge in [0.05, 0.1) is 0 Å². The van der Waals surface area contributed by atoms with E-state index in [1.54, 1.807) is 12.1 Å². The summed E-state index contributed by atoms with van der Waals surface area (Å²) in [6, 6.07) is 6.60. The second-order valence-corrected chi connectivity index (χ2v) is 8.83. The van der Waals surface area contributed by atoms with Gasteiger partial charge < -0.3 is 19.9 Å². The van der Waals surface area contributed by atoms with E-state index < -0.39 is 6.29 Å². The van der Waals surface area contributed by atoms with Gasteiger partial charge in [0.2, 0.25) is 6.29 Å². The Morgan fingerprint density at radius 1 is 1.27 bits per heavy atom. The summed E-state index contributed by atoms with van der Waals surface area (Å²) in [7, 11) is 0. The SMILES string of the molecule is CCO[C@@H]1OC(C(=O)NC2CC3CCC2C3)=C[C@H](c2ccc(F)cc2)[C@@H]1CCCO. The van der Waals surface area contributed by atoms with Crippen LogP contribution in [-0.4, -0.2) is 36.6 Å². The predicted molar refractivity (Wildman–Crippen MR) is 111 cm³/mol. The Labute approximate surface area is 177 Å². The van der Waals surface area contributed by atoms with Crippen LogP contribution in [-0.2, 0) is 14.3 Å². The maximum atomic E-state index is 13.5. The maximum Gasteiger partial charge on any atom is 0.286 e. The van der Waals surface area contributed by atoms with E-state index in [1.165, 1.54) is 31.4 Å². The molecule has 0 saturated heterocycles. The summed E-state index contributed by atoms with van der Waals surface area (Å²) in [5.74, 6) is 0.904. The fourth-order valence-corrected chi connectivity index (χ4v) is 5.49. The highest BCUT2D eigenvalue weighted by Gasteiger charge is 2.42. The number of ether oxygens (including phenoxy) is 2. The molecule has 2 fully saturated rings. The molecule has 6 heteroatoms. The smallest absolute Gasteiger partial charge is 0.286 e. The van der Waals surface area contributed by atoms with Crippen molar-refractivity contribution in [3.05, 3.63) is 47.5 Å². The van der Waals surface area contributed by atoms with Crippen LogP contribution in [0.3, 0.4) is 0 Å². The Morgan fingerprint density at radius 3 is 2.70 bits per heavy atom. The van der Waals surface area contributed by atoms with Gasteiger partial charge in [-0.3, -0.25) is 4.79 Å². The highest BCUT2D eigenvalue weighted by atomic mass is 19.1. The Bertz CT molecular complexity index is 765. The van der Waals surface area contributed by atoms with Crippen molar-refractivity contribution in [1.82, 2.24) is 5.32 Å². The maximum absolute atomic E-state index is 13.5. The number of fused-ring (bicyclic) bond motifs is 2. The summed E-state index contributed by atoms with van der Waals surface area (Å²) in [6.45, 7) is 2.43. The Hall–Kier alpha value is -1.92. The van der Waals surface area contributed by atoms with Crippen LogP contribution in [0.4, 0.5) is 4.39 Å². The molecule has 4 rings (SSSR count). The fourth-order valence-electron chi connectivity index (χ4n) is 5.49. The first-order valence-electron chi connectivity index (χ1n) is 11.3. The van der Waals surface area contributed by atoms with Crippen LogP contribution >= 0.6 is 0 Å². The number of hydrogen-bond acceptors (Lipinski definition) is 4. The highest BCUT2D eigenvalue weighted by molar-refractivity contribution is 5.92. The lowest BCUT2D eigenvalue weighted by molar-refractivity contribution is -0.167. The number of carbonyl (C=O) groups excluding carboxylic acids is 1. The molecular weight excluding hydrogens is 385 g/mol. The minimum absolute atomic E-state index is 0.0680. The average Bonchev–Trinajstić information content (AvgIpc) is 3.36. The van der Waals surface area contributed by atoms with Gasteiger partial charge in [0.1, 0.15) is 5.82 Å². The number of rotatable bonds is 8. The predicted octanol–water partition coefficient (Wildman–Crippen LogP) is 3.88. The quantitative estimate of drug-likeness (QED) is 0.674. The van der Waals surface area contributed by atoms with Gasteiger partial charge in [-0.15, -0.1) is 0 Å². The van der Waals surface area contributed by atoms with Crippen molar-refractivity contribution in [3.8, 4) is 0 Å². The van der Waals surface area contributed by atoms with Crippen molar-refractivity contribution in [2.75, 3.05) is 13.2 Å². The van der Waals surface area contributed by atoms with E-state index in [-0.39, 0.29) is 42.0 Å². The third kappa shape index (κ3) is 4.54. The number of aliphatic hydroxyl groups excluding tert-OH is 1. The molecule has 2 bridgehead atoms. The molecule has 1 aromatic rings. The van der Waals surface area contributed by atoms with Crippen molar-refractivity contribution in [2.45, 2.75) is 63.7 Å². The molecular formula is C24H32FNO4. The van der Waals surface area contributed by atoms with E-state index in [9.17, 15) is 14.3 Å². The van der Waals surface area contributed by atoms with Crippen molar-refractivity contribution < 1.29 is 23.8 Å². The van der Waals surface area contributed by atoms with Gasteiger partial charge in [0, 0.05) is 31.1 Å². The summed E-state index contributed by atoms with van der Waals surface area (Å²) < 4.78 is 25.4. The van der Waals surface area contributed by atoms with Crippen LogP contribution in [0.15, 0.2) is 36.1 Å². The molecule has 0 radical (unpaired) electrons. The van der Waals surface area contributed by atoms with Gasteiger partial charge in [-0.2, -0.15) is 0 Å². The zero-order valence-corrected chi connectivity index (χ0v) is 17.6. The number of amides is 1. The first-order chi connectivity index (χ1) is 14.6. The van der Waals surface area contributed by atoms with Crippen LogP contribution in [0.2, 0.25) is 0 Å². The molecule has 30 heavy (non-hydrogen) atoms. The van der Waals surface area contributed by atoms with E-state index in [4.69, 9.17) is 9.47 Å². The van der Waals surface area contributed by atoms with Crippen LogP contribution in [0, 0.1) is 23.6 Å². The lowest BCUT2D eigenvalue weighted by atomic mass is 9.80. The molecule has 6 atom stereocenters. The van der Waals surface area contributed by atoms with Crippen LogP contribution in [0.1, 0.15) is 56.9 Å². The first-order valence-corrected chi connectivity index (χ1v) is 11.3. The molecule has 3 unspecified atom stereocenters. The van der Waals surface area contributed by atoms with Crippen LogP contribution < -0.4 is 5.32 Å². The molecule has 5 nitrogen and oxygen atoms in total. The summed E-state index contributed by atoms with van der Waals surface area (Å²) in [5, 5.41) is 12.5. The topological polar surface area (TPSA) is 67.8 Å².